The summed E-state index contributed by atoms with van der Waals surface area (Å²) in [6.07, 6.45) is 1.45. The molecule has 0 unspecified atom stereocenters. The van der Waals surface area contributed by atoms with Gasteiger partial charge in [0.2, 0.25) is 0 Å². The topological polar surface area (TPSA) is 70.4 Å². The lowest BCUT2D eigenvalue weighted by Crippen LogP contribution is -2.31. The maximum absolute atomic E-state index is 12.5. The van der Waals surface area contributed by atoms with E-state index in [1.165, 1.54) is 6.08 Å². The average molecular weight is 322 g/mol. The van der Waals surface area contributed by atoms with Crippen LogP contribution in [0.4, 0.5) is 0 Å². The maximum atomic E-state index is 12.5. The predicted molar refractivity (Wildman–Crippen MR) is 89.6 cm³/mol. The van der Waals surface area contributed by atoms with Crippen LogP contribution in [-0.4, -0.2) is 29.0 Å². The van der Waals surface area contributed by atoms with E-state index in [0.717, 1.165) is 4.68 Å². The van der Waals surface area contributed by atoms with Gasteiger partial charge in [0.15, 0.2) is 5.75 Å². The maximum Gasteiger partial charge on any atom is 0.327 e. The second kappa shape index (κ2) is 8.50. The van der Waals surface area contributed by atoms with Gasteiger partial charge in [0.25, 0.3) is 5.56 Å². The molecular weight excluding hydrogens is 296 g/mol. The number of rotatable bonds is 8. The van der Waals surface area contributed by atoms with Crippen molar-refractivity contribution in [2.45, 2.75) is 47.1 Å². The van der Waals surface area contributed by atoms with E-state index in [1.54, 1.807) is 6.92 Å². The second-order valence-electron chi connectivity index (χ2n) is 5.96. The fourth-order valence-electron chi connectivity index (χ4n) is 1.99. The number of esters is 1. The van der Waals surface area contributed by atoms with Crippen molar-refractivity contribution in [3.63, 3.8) is 0 Å². The van der Waals surface area contributed by atoms with E-state index in [2.05, 4.69) is 11.7 Å². The molecule has 0 saturated heterocycles. The molecule has 1 aromatic rings. The summed E-state index contributed by atoms with van der Waals surface area (Å²) < 4.78 is 11.8. The molecule has 1 aromatic heterocycles. The van der Waals surface area contributed by atoms with Gasteiger partial charge in [0.1, 0.15) is 12.2 Å². The smallest absolute Gasteiger partial charge is 0.327 e. The number of hydrogen-bond donors (Lipinski definition) is 0. The summed E-state index contributed by atoms with van der Waals surface area (Å²) in [4.78, 5) is 24.2. The average Bonchev–Trinajstić information content (AvgIpc) is 2.47. The molecule has 0 fully saturated rings. The van der Waals surface area contributed by atoms with Crippen LogP contribution in [0.2, 0.25) is 0 Å². The van der Waals surface area contributed by atoms with Gasteiger partial charge in [-0.2, -0.15) is 5.10 Å². The molecule has 0 amide bonds. The second-order valence-corrected chi connectivity index (χ2v) is 5.96. The predicted octanol–water partition coefficient (Wildman–Crippen LogP) is 2.61. The van der Waals surface area contributed by atoms with Crippen LogP contribution < -0.4 is 10.3 Å². The number of aromatic nitrogens is 2. The van der Waals surface area contributed by atoms with Crippen molar-refractivity contribution in [2.75, 3.05) is 13.2 Å². The minimum Gasteiger partial charge on any atom is -0.490 e. The minimum atomic E-state index is -0.498. The fraction of sp³-hybridized carbons (Fsp3) is 0.588. The van der Waals surface area contributed by atoms with Gasteiger partial charge in [-0.05, 0) is 12.8 Å². The molecule has 6 nitrogen and oxygen atoms in total. The summed E-state index contributed by atoms with van der Waals surface area (Å²) in [5.74, 6) is 0.302. The molecule has 128 valence electrons. The number of carbonyl (C=O) groups excluding carboxylic acids is 1. The highest BCUT2D eigenvalue weighted by molar-refractivity contribution is 5.69. The van der Waals surface area contributed by atoms with Crippen LogP contribution in [-0.2, 0) is 16.1 Å². The van der Waals surface area contributed by atoms with Crippen LogP contribution in [0.3, 0.4) is 0 Å². The van der Waals surface area contributed by atoms with Crippen molar-refractivity contribution >= 4 is 12.0 Å². The summed E-state index contributed by atoms with van der Waals surface area (Å²) in [5.41, 5.74) is 0.550. The molecule has 0 aliphatic carbocycles. The van der Waals surface area contributed by atoms with Crippen molar-refractivity contribution in [3.8, 4) is 5.75 Å². The Bertz CT molecular complexity index is 618. The highest BCUT2D eigenvalue weighted by atomic mass is 16.5. The van der Waals surface area contributed by atoms with E-state index in [4.69, 9.17) is 9.47 Å². The molecule has 0 bridgehead atoms. The van der Waals surface area contributed by atoms with Crippen molar-refractivity contribution < 1.29 is 14.3 Å². The third-order valence-corrected chi connectivity index (χ3v) is 3.07. The quantitative estimate of drug-likeness (QED) is 0.688. The number of nitrogens with zero attached hydrogens (tertiary/aromatic N) is 2. The normalized spacial score (nSPS) is 10.9. The molecule has 23 heavy (non-hydrogen) atoms. The molecule has 0 saturated carbocycles. The van der Waals surface area contributed by atoms with Crippen LogP contribution in [0.1, 0.15) is 51.8 Å². The van der Waals surface area contributed by atoms with Crippen LogP contribution >= 0.6 is 0 Å². The van der Waals surface area contributed by atoms with E-state index in [-0.39, 0.29) is 19.1 Å². The van der Waals surface area contributed by atoms with Crippen LogP contribution in [0.5, 0.6) is 5.75 Å². The highest BCUT2D eigenvalue weighted by Crippen LogP contribution is 2.27. The largest absolute Gasteiger partial charge is 0.490 e. The Kier molecular flexibility index (Phi) is 7.00. The first-order valence-corrected chi connectivity index (χ1v) is 7.87. The summed E-state index contributed by atoms with van der Waals surface area (Å²) in [6.45, 7) is 13.9. The van der Waals surface area contributed by atoms with E-state index < -0.39 is 11.5 Å². The summed E-state index contributed by atoms with van der Waals surface area (Å²) in [5, 5.41) is 4.31. The van der Waals surface area contributed by atoms with E-state index in [1.807, 2.05) is 27.7 Å². The first-order chi connectivity index (χ1) is 10.8. The molecule has 6 heteroatoms. The van der Waals surface area contributed by atoms with Gasteiger partial charge >= 0.3 is 5.97 Å². The van der Waals surface area contributed by atoms with Crippen LogP contribution in [0, 0.1) is 5.92 Å². The first kappa shape index (κ1) is 18.9. The van der Waals surface area contributed by atoms with Crippen molar-refractivity contribution in [3.05, 3.63) is 28.2 Å². The van der Waals surface area contributed by atoms with Gasteiger partial charge in [0, 0.05) is 5.92 Å². The number of carbonyl (C=O) groups is 1. The van der Waals surface area contributed by atoms with Gasteiger partial charge in [-0.1, -0.05) is 40.3 Å². The van der Waals surface area contributed by atoms with Gasteiger partial charge in [0.05, 0.1) is 18.8 Å². The lowest BCUT2D eigenvalue weighted by Gasteiger charge is -2.18. The van der Waals surface area contributed by atoms with Gasteiger partial charge in [-0.25, -0.2) is 4.68 Å². The molecule has 0 aliphatic heterocycles. The molecule has 0 atom stereocenters. The Hall–Kier alpha value is -2.11. The SMILES string of the molecule is C=Cc1c(OCC(C)C)c(C(C)C)nn(CC(=O)OCC)c1=O. The van der Waals surface area contributed by atoms with Crippen molar-refractivity contribution in [1.82, 2.24) is 9.78 Å². The standard InChI is InChI=1S/C17H26N2O4/c1-7-13-16(23-10-11(3)4)15(12(5)6)18-19(17(13)21)9-14(20)22-8-2/h7,11-12H,1,8-10H2,2-6H3. The molecule has 0 aliphatic rings. The van der Waals surface area contributed by atoms with Crippen molar-refractivity contribution in [2.24, 2.45) is 5.92 Å². The molecule has 1 rings (SSSR count). The Labute approximate surface area is 137 Å². The zero-order chi connectivity index (χ0) is 17.6. The molecule has 0 N–H and O–H groups in total. The third kappa shape index (κ3) is 4.94. The molecule has 0 radical (unpaired) electrons. The third-order valence-electron chi connectivity index (χ3n) is 3.07. The minimum absolute atomic E-state index is 0.0323. The first-order valence-electron chi connectivity index (χ1n) is 7.87. The van der Waals surface area contributed by atoms with E-state index in [0.29, 0.717) is 29.5 Å². The highest BCUT2D eigenvalue weighted by Gasteiger charge is 2.21. The lowest BCUT2D eigenvalue weighted by atomic mass is 10.1. The Morgan fingerprint density at radius 2 is 2.00 bits per heavy atom. The fourth-order valence-corrected chi connectivity index (χ4v) is 1.99. The van der Waals surface area contributed by atoms with Crippen LogP contribution in [0.25, 0.3) is 6.08 Å². The van der Waals surface area contributed by atoms with Crippen LogP contribution in [0.15, 0.2) is 11.4 Å². The van der Waals surface area contributed by atoms with Gasteiger partial charge < -0.3 is 9.47 Å². The molecular formula is C17H26N2O4. The zero-order valence-corrected chi connectivity index (χ0v) is 14.6. The summed E-state index contributed by atoms with van der Waals surface area (Å²) in [6, 6.07) is 0. The van der Waals surface area contributed by atoms with Crippen molar-refractivity contribution in [1.29, 1.82) is 0 Å². The monoisotopic (exact) mass is 322 g/mol. The van der Waals surface area contributed by atoms with E-state index >= 15 is 0 Å². The molecule has 0 spiro atoms. The number of hydrogen-bond acceptors (Lipinski definition) is 5. The Morgan fingerprint density at radius 1 is 1.35 bits per heavy atom. The zero-order valence-electron chi connectivity index (χ0n) is 14.6. The Morgan fingerprint density at radius 3 is 2.48 bits per heavy atom. The number of ether oxygens (including phenoxy) is 2. The van der Waals surface area contributed by atoms with E-state index in [9.17, 15) is 9.59 Å². The molecule has 0 aromatic carbocycles. The van der Waals surface area contributed by atoms with Gasteiger partial charge in [-0.3, -0.25) is 9.59 Å². The summed E-state index contributed by atoms with van der Waals surface area (Å²) in [7, 11) is 0. The summed E-state index contributed by atoms with van der Waals surface area (Å²) >= 11 is 0. The molecule has 1 heterocycles. The lowest BCUT2D eigenvalue weighted by molar-refractivity contribution is -0.144. The van der Waals surface area contributed by atoms with Gasteiger partial charge in [-0.15, -0.1) is 0 Å². The Balaban J connectivity index is 3.36.